The van der Waals surface area contributed by atoms with Crippen LogP contribution in [0.3, 0.4) is 0 Å². The highest BCUT2D eigenvalue weighted by atomic mass is 16.5. The first-order valence-electron chi connectivity index (χ1n) is 4.21. The molecular weight excluding hydrogens is 150 g/mol. The SMILES string of the molecule is CC.Cc1ccc(NO)cc1C. The van der Waals surface area contributed by atoms with Crippen molar-refractivity contribution in [2.45, 2.75) is 27.7 Å². The van der Waals surface area contributed by atoms with Crippen LogP contribution in [-0.2, 0) is 0 Å². The molecule has 2 nitrogen and oxygen atoms in total. The smallest absolute Gasteiger partial charge is 0.0604 e. The van der Waals surface area contributed by atoms with Crippen LogP contribution in [0.25, 0.3) is 0 Å². The number of nitrogens with one attached hydrogen (secondary N) is 1. The third-order valence-electron chi connectivity index (χ3n) is 1.64. The van der Waals surface area contributed by atoms with Crippen LogP contribution in [0.2, 0.25) is 0 Å². The van der Waals surface area contributed by atoms with Gasteiger partial charge in [0.25, 0.3) is 0 Å². The normalized spacial score (nSPS) is 8.42. The van der Waals surface area contributed by atoms with Crippen molar-refractivity contribution >= 4 is 5.69 Å². The molecule has 1 aromatic carbocycles. The van der Waals surface area contributed by atoms with E-state index >= 15 is 0 Å². The molecule has 0 spiro atoms. The zero-order valence-electron chi connectivity index (χ0n) is 8.18. The molecule has 0 unspecified atom stereocenters. The molecule has 0 bridgehead atoms. The van der Waals surface area contributed by atoms with Crippen LogP contribution in [-0.4, -0.2) is 5.21 Å². The Bertz CT molecular complexity index is 233. The average molecular weight is 167 g/mol. The third kappa shape index (κ3) is 2.93. The third-order valence-corrected chi connectivity index (χ3v) is 1.64. The van der Waals surface area contributed by atoms with E-state index in [4.69, 9.17) is 5.21 Å². The summed E-state index contributed by atoms with van der Waals surface area (Å²) in [5, 5.41) is 8.50. The summed E-state index contributed by atoms with van der Waals surface area (Å²) in [6.07, 6.45) is 0. The molecule has 1 aromatic rings. The Morgan fingerprint density at radius 3 is 2.08 bits per heavy atom. The molecule has 12 heavy (non-hydrogen) atoms. The Morgan fingerprint density at radius 2 is 1.67 bits per heavy atom. The van der Waals surface area contributed by atoms with E-state index < -0.39 is 0 Å². The van der Waals surface area contributed by atoms with Gasteiger partial charge >= 0.3 is 0 Å². The zero-order chi connectivity index (χ0) is 9.56. The summed E-state index contributed by atoms with van der Waals surface area (Å²) in [5.41, 5.74) is 5.25. The molecule has 68 valence electrons. The van der Waals surface area contributed by atoms with Crippen LogP contribution in [0.4, 0.5) is 5.69 Å². The van der Waals surface area contributed by atoms with Crippen molar-refractivity contribution in [3.05, 3.63) is 29.3 Å². The van der Waals surface area contributed by atoms with Crippen LogP contribution >= 0.6 is 0 Å². The number of benzene rings is 1. The summed E-state index contributed by atoms with van der Waals surface area (Å²) in [7, 11) is 0. The molecule has 0 amide bonds. The minimum absolute atomic E-state index is 0.739. The van der Waals surface area contributed by atoms with Gasteiger partial charge in [0.15, 0.2) is 0 Å². The molecule has 0 heterocycles. The van der Waals surface area contributed by atoms with E-state index in [1.54, 1.807) is 0 Å². The predicted octanol–water partition coefficient (Wildman–Crippen LogP) is 3.13. The topological polar surface area (TPSA) is 32.3 Å². The van der Waals surface area contributed by atoms with Gasteiger partial charge in [-0.2, -0.15) is 0 Å². The average Bonchev–Trinajstić information content (AvgIpc) is 2.13. The quantitative estimate of drug-likeness (QED) is 0.630. The largest absolute Gasteiger partial charge is 0.291 e. The molecule has 2 N–H and O–H groups in total. The lowest BCUT2D eigenvalue weighted by atomic mass is 10.1. The Balaban J connectivity index is 0.000000561. The summed E-state index contributed by atoms with van der Waals surface area (Å²) in [5.74, 6) is 0. The minimum atomic E-state index is 0.739. The molecule has 0 fully saturated rings. The van der Waals surface area contributed by atoms with Gasteiger partial charge in [-0.15, -0.1) is 0 Å². The van der Waals surface area contributed by atoms with Crippen molar-refractivity contribution in [1.29, 1.82) is 0 Å². The van der Waals surface area contributed by atoms with Crippen molar-refractivity contribution in [3.63, 3.8) is 0 Å². The summed E-state index contributed by atoms with van der Waals surface area (Å²) < 4.78 is 0. The maximum absolute atomic E-state index is 8.50. The maximum atomic E-state index is 8.50. The Labute approximate surface area is 74.2 Å². The molecule has 0 aliphatic carbocycles. The standard InChI is InChI=1S/C8H11NO.C2H6/c1-6-3-4-8(9-10)5-7(6)2;1-2/h3-5,9-10H,1-2H3;1-2H3. The highest BCUT2D eigenvalue weighted by molar-refractivity contribution is 5.46. The highest BCUT2D eigenvalue weighted by Gasteiger charge is 1.92. The molecule has 1 rings (SSSR count). The van der Waals surface area contributed by atoms with E-state index in [0.29, 0.717) is 0 Å². The monoisotopic (exact) mass is 167 g/mol. The molecule has 0 saturated heterocycles. The van der Waals surface area contributed by atoms with Gasteiger partial charge in [-0.1, -0.05) is 19.9 Å². The van der Waals surface area contributed by atoms with Crippen LogP contribution in [0.1, 0.15) is 25.0 Å². The first kappa shape index (κ1) is 11.0. The predicted molar refractivity (Wildman–Crippen MR) is 52.7 cm³/mol. The first-order chi connectivity index (χ1) is 5.74. The lowest BCUT2D eigenvalue weighted by Gasteiger charge is -2.01. The first-order valence-corrected chi connectivity index (χ1v) is 4.21. The van der Waals surface area contributed by atoms with Crippen molar-refractivity contribution in [2.75, 3.05) is 5.48 Å². The number of hydrogen-bond acceptors (Lipinski definition) is 2. The second kappa shape index (κ2) is 5.61. The van der Waals surface area contributed by atoms with Gasteiger partial charge in [0.05, 0.1) is 5.69 Å². The van der Waals surface area contributed by atoms with Crippen molar-refractivity contribution in [2.24, 2.45) is 0 Å². The van der Waals surface area contributed by atoms with Crippen molar-refractivity contribution in [3.8, 4) is 0 Å². The number of rotatable bonds is 1. The molecule has 0 aromatic heterocycles. The van der Waals surface area contributed by atoms with Crippen molar-refractivity contribution in [1.82, 2.24) is 0 Å². The fourth-order valence-electron chi connectivity index (χ4n) is 0.811. The molecule has 0 radical (unpaired) electrons. The summed E-state index contributed by atoms with van der Waals surface area (Å²) in [4.78, 5) is 0. The van der Waals surface area contributed by atoms with E-state index in [9.17, 15) is 0 Å². The Kier molecular flexibility index (Phi) is 5.13. The molecule has 2 heteroatoms. The van der Waals surface area contributed by atoms with Gasteiger partial charge in [0, 0.05) is 0 Å². The van der Waals surface area contributed by atoms with Crippen LogP contribution in [0, 0.1) is 13.8 Å². The van der Waals surface area contributed by atoms with Crippen LogP contribution < -0.4 is 5.48 Å². The lowest BCUT2D eigenvalue weighted by Crippen LogP contribution is -1.90. The number of anilines is 1. The Hall–Kier alpha value is -1.02. The Morgan fingerprint density at radius 1 is 1.08 bits per heavy atom. The van der Waals surface area contributed by atoms with Crippen LogP contribution in [0.15, 0.2) is 18.2 Å². The van der Waals surface area contributed by atoms with Crippen LogP contribution in [0.5, 0.6) is 0 Å². The molecule has 0 atom stereocenters. The fraction of sp³-hybridized carbons (Fsp3) is 0.400. The van der Waals surface area contributed by atoms with E-state index in [0.717, 1.165) is 5.69 Å². The van der Waals surface area contributed by atoms with Gasteiger partial charge < -0.3 is 0 Å². The summed E-state index contributed by atoms with van der Waals surface area (Å²) >= 11 is 0. The summed E-state index contributed by atoms with van der Waals surface area (Å²) in [6.45, 7) is 8.05. The number of hydrogen-bond donors (Lipinski definition) is 2. The zero-order valence-corrected chi connectivity index (χ0v) is 8.18. The molecule has 0 saturated carbocycles. The fourth-order valence-corrected chi connectivity index (χ4v) is 0.811. The summed E-state index contributed by atoms with van der Waals surface area (Å²) in [6, 6.07) is 5.70. The van der Waals surface area contributed by atoms with Gasteiger partial charge in [0.1, 0.15) is 0 Å². The van der Waals surface area contributed by atoms with E-state index in [1.807, 2.05) is 45.9 Å². The van der Waals surface area contributed by atoms with Gasteiger partial charge in [-0.25, -0.2) is 0 Å². The molecule has 0 aliphatic rings. The second-order valence-electron chi connectivity index (χ2n) is 2.41. The maximum Gasteiger partial charge on any atom is 0.0604 e. The van der Waals surface area contributed by atoms with E-state index in [2.05, 4.69) is 5.48 Å². The lowest BCUT2D eigenvalue weighted by molar-refractivity contribution is 0.389. The second-order valence-corrected chi connectivity index (χ2v) is 2.41. The van der Waals surface area contributed by atoms with Gasteiger partial charge in [0.2, 0.25) is 0 Å². The minimum Gasteiger partial charge on any atom is -0.291 e. The van der Waals surface area contributed by atoms with Gasteiger partial charge in [-0.3, -0.25) is 10.7 Å². The van der Waals surface area contributed by atoms with E-state index in [1.165, 1.54) is 11.1 Å². The van der Waals surface area contributed by atoms with Crippen molar-refractivity contribution < 1.29 is 5.21 Å². The highest BCUT2D eigenvalue weighted by Crippen LogP contribution is 2.12. The molecule has 0 aliphatic heterocycles. The molecular formula is C10H17NO. The number of aryl methyl sites for hydroxylation is 2. The van der Waals surface area contributed by atoms with Gasteiger partial charge in [-0.05, 0) is 37.1 Å². The van der Waals surface area contributed by atoms with E-state index in [-0.39, 0.29) is 0 Å².